The van der Waals surface area contributed by atoms with E-state index in [9.17, 15) is 9.18 Å². The first-order chi connectivity index (χ1) is 15.0. The third-order valence-corrected chi connectivity index (χ3v) is 4.97. The highest BCUT2D eigenvalue weighted by atomic mass is 19.1. The molecule has 0 bridgehead atoms. The Labute approximate surface area is 179 Å². The number of amides is 1. The summed E-state index contributed by atoms with van der Waals surface area (Å²) >= 11 is 0. The van der Waals surface area contributed by atoms with Crippen LogP contribution >= 0.6 is 0 Å². The maximum absolute atomic E-state index is 13.9. The van der Waals surface area contributed by atoms with Gasteiger partial charge in [-0.3, -0.25) is 5.32 Å². The molecule has 31 heavy (non-hydrogen) atoms. The molecule has 156 valence electrons. The number of halogens is 1. The lowest BCUT2D eigenvalue weighted by atomic mass is 10.0. The third kappa shape index (κ3) is 4.48. The molecule has 6 heteroatoms. The molecule has 0 fully saturated rings. The van der Waals surface area contributed by atoms with Crippen LogP contribution in [-0.2, 0) is 4.74 Å². The van der Waals surface area contributed by atoms with Crippen LogP contribution in [0.2, 0.25) is 0 Å². The minimum absolute atomic E-state index is 0.302. The summed E-state index contributed by atoms with van der Waals surface area (Å²) in [4.78, 5) is 12.5. The second-order valence-electron chi connectivity index (χ2n) is 7.11. The Morgan fingerprint density at radius 1 is 0.935 bits per heavy atom. The van der Waals surface area contributed by atoms with Gasteiger partial charge in [0, 0.05) is 11.1 Å². The van der Waals surface area contributed by atoms with Gasteiger partial charge in [0.05, 0.1) is 0 Å². The topological polar surface area (TPSA) is 64.4 Å². The van der Waals surface area contributed by atoms with Crippen LogP contribution in [0.15, 0.2) is 83.4 Å². The Hall–Kier alpha value is -3.93. The molecule has 0 unspecified atom stereocenters. The average Bonchev–Trinajstić information content (AvgIpc) is 3.14. The summed E-state index contributed by atoms with van der Waals surface area (Å²) in [5, 5.41) is 6.66. The first-order valence-corrected chi connectivity index (χ1v) is 9.87. The van der Waals surface area contributed by atoms with Gasteiger partial charge in [-0.15, -0.1) is 0 Å². The van der Waals surface area contributed by atoms with Crippen molar-refractivity contribution < 1.29 is 18.4 Å². The molecule has 1 heterocycles. The van der Waals surface area contributed by atoms with Crippen LogP contribution in [0.5, 0.6) is 0 Å². The SMILES string of the molecule is Cc1noc(-c2ccc(-c3ccccc3)cc2)c1NC(=O)O[C@H](C)c1ccccc1F. The summed E-state index contributed by atoms with van der Waals surface area (Å²) in [5.74, 6) is -0.00393. The predicted octanol–water partition coefficient (Wildman–Crippen LogP) is 6.77. The normalized spacial score (nSPS) is 11.7. The Kier molecular flexibility index (Phi) is 5.80. The van der Waals surface area contributed by atoms with Gasteiger partial charge in [0.1, 0.15) is 23.3 Å². The van der Waals surface area contributed by atoms with E-state index in [2.05, 4.69) is 10.5 Å². The summed E-state index contributed by atoms with van der Waals surface area (Å²) in [6.07, 6.45) is -1.47. The molecule has 1 atom stereocenters. The highest BCUT2D eigenvalue weighted by molar-refractivity contribution is 5.91. The van der Waals surface area contributed by atoms with E-state index in [0.717, 1.165) is 16.7 Å². The van der Waals surface area contributed by atoms with Crippen LogP contribution in [0.25, 0.3) is 22.5 Å². The maximum atomic E-state index is 13.9. The van der Waals surface area contributed by atoms with Gasteiger partial charge in [-0.05, 0) is 31.0 Å². The molecule has 0 spiro atoms. The van der Waals surface area contributed by atoms with Crippen LogP contribution in [0.4, 0.5) is 14.9 Å². The molecule has 3 aromatic carbocycles. The smallest absolute Gasteiger partial charge is 0.412 e. The molecule has 4 rings (SSSR count). The van der Waals surface area contributed by atoms with E-state index < -0.39 is 18.0 Å². The van der Waals surface area contributed by atoms with Crippen molar-refractivity contribution in [3.8, 4) is 22.5 Å². The van der Waals surface area contributed by atoms with Crippen molar-refractivity contribution in [1.29, 1.82) is 0 Å². The number of hydrogen-bond donors (Lipinski definition) is 1. The largest absolute Gasteiger partial charge is 0.441 e. The number of benzene rings is 3. The molecular weight excluding hydrogens is 395 g/mol. The maximum Gasteiger partial charge on any atom is 0.412 e. The van der Waals surface area contributed by atoms with Crippen molar-refractivity contribution in [3.63, 3.8) is 0 Å². The van der Waals surface area contributed by atoms with Crippen LogP contribution in [0, 0.1) is 12.7 Å². The highest BCUT2D eigenvalue weighted by Gasteiger charge is 2.21. The number of carbonyl (C=O) groups is 1. The number of hydrogen-bond acceptors (Lipinski definition) is 4. The zero-order chi connectivity index (χ0) is 21.8. The predicted molar refractivity (Wildman–Crippen MR) is 117 cm³/mol. The number of ether oxygens (including phenoxy) is 1. The van der Waals surface area contributed by atoms with Gasteiger partial charge in [0.15, 0.2) is 5.76 Å². The van der Waals surface area contributed by atoms with Gasteiger partial charge >= 0.3 is 6.09 Å². The Balaban J connectivity index is 1.51. The Morgan fingerprint density at radius 2 is 1.55 bits per heavy atom. The lowest BCUT2D eigenvalue weighted by Gasteiger charge is -2.15. The van der Waals surface area contributed by atoms with Crippen molar-refractivity contribution in [3.05, 3.63) is 95.9 Å². The van der Waals surface area contributed by atoms with Crippen LogP contribution in [0.1, 0.15) is 24.3 Å². The van der Waals surface area contributed by atoms with Crippen molar-refractivity contribution >= 4 is 11.8 Å². The monoisotopic (exact) mass is 416 g/mol. The number of aryl methyl sites for hydroxylation is 1. The summed E-state index contributed by atoms with van der Waals surface area (Å²) in [5.41, 5.74) is 4.16. The minimum atomic E-state index is -0.755. The lowest BCUT2D eigenvalue weighted by Crippen LogP contribution is -2.17. The van der Waals surface area contributed by atoms with Gasteiger partial charge in [-0.2, -0.15) is 0 Å². The second-order valence-corrected chi connectivity index (χ2v) is 7.11. The van der Waals surface area contributed by atoms with Gasteiger partial charge in [0.25, 0.3) is 0 Å². The summed E-state index contributed by atoms with van der Waals surface area (Å²) < 4.78 is 24.7. The van der Waals surface area contributed by atoms with Gasteiger partial charge in [-0.25, -0.2) is 9.18 Å². The average molecular weight is 416 g/mol. The highest BCUT2D eigenvalue weighted by Crippen LogP contribution is 2.33. The molecule has 0 radical (unpaired) electrons. The third-order valence-electron chi connectivity index (χ3n) is 4.97. The number of rotatable bonds is 5. The Bertz CT molecular complexity index is 1190. The number of carbonyl (C=O) groups excluding carboxylic acids is 1. The molecule has 0 aliphatic heterocycles. The fourth-order valence-electron chi connectivity index (χ4n) is 3.32. The van der Waals surface area contributed by atoms with Crippen molar-refractivity contribution in [2.75, 3.05) is 5.32 Å². The summed E-state index contributed by atoms with van der Waals surface area (Å²) in [6, 6.07) is 24.0. The van der Waals surface area contributed by atoms with E-state index >= 15 is 0 Å². The van der Waals surface area contributed by atoms with E-state index in [1.165, 1.54) is 6.07 Å². The molecule has 0 aliphatic rings. The number of nitrogens with zero attached hydrogens (tertiary/aromatic N) is 1. The van der Waals surface area contributed by atoms with Gasteiger partial charge in [-0.1, -0.05) is 78.0 Å². The molecule has 0 saturated carbocycles. The van der Waals surface area contributed by atoms with E-state index in [-0.39, 0.29) is 0 Å². The van der Waals surface area contributed by atoms with Crippen LogP contribution in [0.3, 0.4) is 0 Å². The first kappa shape index (κ1) is 20.3. The lowest BCUT2D eigenvalue weighted by molar-refractivity contribution is 0.119. The molecule has 5 nitrogen and oxygen atoms in total. The van der Waals surface area contributed by atoms with Crippen molar-refractivity contribution in [2.24, 2.45) is 0 Å². The fourth-order valence-corrected chi connectivity index (χ4v) is 3.32. The minimum Gasteiger partial charge on any atom is -0.441 e. The quantitative estimate of drug-likeness (QED) is 0.390. The Morgan fingerprint density at radius 3 is 2.26 bits per heavy atom. The number of anilines is 1. The number of nitrogens with one attached hydrogen (secondary N) is 1. The molecule has 1 aromatic heterocycles. The van der Waals surface area contributed by atoms with E-state index in [1.807, 2.05) is 54.6 Å². The molecule has 0 saturated heterocycles. The molecule has 4 aromatic rings. The zero-order valence-electron chi connectivity index (χ0n) is 17.1. The number of aromatic nitrogens is 1. The molecule has 0 aliphatic carbocycles. The first-order valence-electron chi connectivity index (χ1n) is 9.87. The standard InChI is InChI=1S/C25H21FN2O3/c1-16-23(27-25(29)30-17(2)21-10-6-7-11-22(21)26)24(31-28-16)20-14-12-19(13-15-20)18-8-4-3-5-9-18/h3-15,17H,1-2H3,(H,27,29)/t17-/m1/s1. The molecular formula is C25H21FN2O3. The van der Waals surface area contributed by atoms with Crippen LogP contribution in [-0.4, -0.2) is 11.2 Å². The second kappa shape index (κ2) is 8.83. The molecule has 1 amide bonds. The summed E-state index contributed by atoms with van der Waals surface area (Å²) in [6.45, 7) is 3.34. The molecule has 1 N–H and O–H groups in total. The fraction of sp³-hybridized carbons (Fsp3) is 0.120. The van der Waals surface area contributed by atoms with Crippen molar-refractivity contribution in [2.45, 2.75) is 20.0 Å². The van der Waals surface area contributed by atoms with Crippen LogP contribution < -0.4 is 5.32 Å². The summed E-state index contributed by atoms with van der Waals surface area (Å²) in [7, 11) is 0. The van der Waals surface area contributed by atoms with Crippen molar-refractivity contribution in [1.82, 2.24) is 5.16 Å². The van der Waals surface area contributed by atoms with E-state index in [0.29, 0.717) is 22.7 Å². The van der Waals surface area contributed by atoms with Gasteiger partial charge < -0.3 is 9.26 Å². The zero-order valence-corrected chi connectivity index (χ0v) is 17.1. The van der Waals surface area contributed by atoms with Gasteiger partial charge in [0.2, 0.25) is 0 Å². The van der Waals surface area contributed by atoms with E-state index in [1.54, 1.807) is 32.0 Å². The van der Waals surface area contributed by atoms with E-state index in [4.69, 9.17) is 9.26 Å².